The van der Waals surface area contributed by atoms with Crippen LogP contribution in [0.4, 0.5) is 0 Å². The Bertz CT molecular complexity index is 3860. The van der Waals surface area contributed by atoms with E-state index in [2.05, 4.69) is 198 Å². The minimum atomic E-state index is -0.392. The van der Waals surface area contributed by atoms with E-state index in [-0.39, 0.29) is 24.4 Å². The maximum Gasteiger partial charge on any atom is 0.119 e. The molecule has 8 unspecified atom stereocenters. The van der Waals surface area contributed by atoms with Crippen molar-refractivity contribution in [2.75, 3.05) is 66.1 Å². The molecule has 11 aromatic rings. The molecule has 4 saturated heterocycles. The monoisotopic (exact) mass is 1930 g/mol. The van der Waals surface area contributed by atoms with Gasteiger partial charge in [-0.2, -0.15) is 0 Å². The highest BCUT2D eigenvalue weighted by atomic mass is 16.6. The molecule has 0 amide bonds. The third-order valence-corrected chi connectivity index (χ3v) is 20.0. The zero-order valence-electron chi connectivity index (χ0n) is 91.6. The van der Waals surface area contributed by atoms with Gasteiger partial charge in [-0.05, 0) is 217 Å². The first kappa shape index (κ1) is 132. The number of aliphatic hydroxyl groups is 4. The van der Waals surface area contributed by atoms with E-state index in [0.717, 1.165) is 164 Å². The quantitative estimate of drug-likeness (QED) is 0.0265. The van der Waals surface area contributed by atoms with Gasteiger partial charge in [0.25, 0.3) is 0 Å². The van der Waals surface area contributed by atoms with E-state index >= 15 is 0 Å². The van der Waals surface area contributed by atoms with Gasteiger partial charge in [0.15, 0.2) is 0 Å². The van der Waals surface area contributed by atoms with Crippen LogP contribution in [0.3, 0.4) is 0 Å². The lowest BCUT2D eigenvalue weighted by atomic mass is 10.0. The van der Waals surface area contributed by atoms with Crippen molar-refractivity contribution in [3.8, 4) is 45.6 Å². The summed E-state index contributed by atoms with van der Waals surface area (Å²) < 4.78 is 54.6. The van der Waals surface area contributed by atoms with E-state index in [0.29, 0.717) is 51.8 Å². The molecule has 4 aliphatic rings. The number of aryl methyl sites for hydroxylation is 2. The minimum absolute atomic E-state index is 0.281. The van der Waals surface area contributed by atoms with Crippen molar-refractivity contribution in [1.82, 2.24) is 0 Å². The van der Waals surface area contributed by atoms with Crippen LogP contribution in [0.15, 0.2) is 291 Å². The zero-order valence-corrected chi connectivity index (χ0v) is 91.6. The van der Waals surface area contributed by atoms with Gasteiger partial charge in [-0.3, -0.25) is 0 Å². The molecule has 0 aliphatic carbocycles. The van der Waals surface area contributed by atoms with Crippen molar-refractivity contribution >= 4 is 0 Å². The first-order valence-corrected chi connectivity index (χ1v) is 53.6. The van der Waals surface area contributed by atoms with Crippen molar-refractivity contribution in [2.24, 2.45) is 0 Å². The molecule has 4 N–H and O–H groups in total. The minimum Gasteiger partial charge on any atom is -0.491 e. The van der Waals surface area contributed by atoms with Gasteiger partial charge in [-0.15, -0.1) is 0 Å². The highest BCUT2D eigenvalue weighted by Crippen LogP contribution is 2.27. The van der Waals surface area contributed by atoms with Gasteiger partial charge in [-0.25, -0.2) is 0 Å². The van der Waals surface area contributed by atoms with E-state index in [1.54, 1.807) is 0 Å². The summed E-state index contributed by atoms with van der Waals surface area (Å²) in [4.78, 5) is 0. The number of hydrogen-bond donors (Lipinski definition) is 4. The molecule has 14 nitrogen and oxygen atoms in total. The Balaban J connectivity index is 0. The molecular weight excluding hydrogens is 1740 g/mol. The van der Waals surface area contributed by atoms with Crippen molar-refractivity contribution in [3.05, 3.63) is 347 Å². The Hall–Kier alpha value is -10.1. The number of epoxide rings is 4. The van der Waals surface area contributed by atoms with E-state index < -0.39 is 12.2 Å². The summed E-state index contributed by atoms with van der Waals surface area (Å²) in [5.74, 6) is 4.99. The maximum atomic E-state index is 9.72. The van der Waals surface area contributed by atoms with Crippen molar-refractivity contribution < 1.29 is 67.8 Å². The maximum absolute atomic E-state index is 9.72. The van der Waals surface area contributed by atoms with E-state index in [1.165, 1.54) is 66.8 Å². The average molecular weight is 1930 g/mol. The molecule has 11 aromatic carbocycles. The fourth-order valence-corrected chi connectivity index (χ4v) is 12.7. The average Bonchev–Trinajstić information content (AvgIpc) is 1.33. The third-order valence-electron chi connectivity index (χ3n) is 20.0. The topological polar surface area (TPSA) is 186 Å². The second-order valence-corrected chi connectivity index (χ2v) is 30.6. The zero-order chi connectivity index (χ0) is 104. The van der Waals surface area contributed by atoms with E-state index in [1.807, 2.05) is 274 Å². The van der Waals surface area contributed by atoms with Crippen LogP contribution in [0.25, 0.3) is 11.1 Å². The van der Waals surface area contributed by atoms with Crippen LogP contribution in [0, 0.1) is 0 Å². The van der Waals surface area contributed by atoms with Gasteiger partial charge in [0, 0.05) is 0 Å². The van der Waals surface area contributed by atoms with E-state index in [9.17, 15) is 20.4 Å². The lowest BCUT2D eigenvalue weighted by Crippen LogP contribution is -2.16. The molecule has 8 atom stereocenters. The second-order valence-electron chi connectivity index (χ2n) is 30.6. The molecule has 140 heavy (non-hydrogen) atoms. The molecule has 0 bridgehead atoms. The Morgan fingerprint density at radius 1 is 0.214 bits per heavy atom. The van der Waals surface area contributed by atoms with Crippen LogP contribution in [-0.2, 0) is 57.5 Å². The number of rotatable bonds is 41. The van der Waals surface area contributed by atoms with Gasteiger partial charge in [0.05, 0.1) is 63.1 Å². The third kappa shape index (κ3) is 66.6. The summed E-state index contributed by atoms with van der Waals surface area (Å²) in [7, 11) is 0. The number of ether oxygens (including phenoxy) is 10. The van der Waals surface area contributed by atoms with Crippen LogP contribution in [0.5, 0.6) is 34.5 Å². The van der Waals surface area contributed by atoms with Crippen LogP contribution in [-0.4, -0.2) is 135 Å². The van der Waals surface area contributed by atoms with Gasteiger partial charge in [0.2, 0.25) is 0 Å². The lowest BCUT2D eigenvalue weighted by Gasteiger charge is -2.12. The smallest absolute Gasteiger partial charge is 0.119 e. The Kier molecular flexibility index (Phi) is 86.1. The normalized spacial score (nSPS) is 13.9. The Morgan fingerprint density at radius 2 is 0.371 bits per heavy atom. The van der Waals surface area contributed by atoms with E-state index in [4.69, 9.17) is 47.4 Å². The molecule has 0 spiro atoms. The molecule has 15 rings (SSSR count). The summed E-state index contributed by atoms with van der Waals surface area (Å²) >= 11 is 0. The predicted molar refractivity (Wildman–Crippen MR) is 598 cm³/mol. The van der Waals surface area contributed by atoms with Crippen LogP contribution < -0.4 is 28.4 Å². The molecule has 4 heterocycles. The summed E-state index contributed by atoms with van der Waals surface area (Å²) in [5, 5.41) is 38.9. The van der Waals surface area contributed by atoms with Crippen LogP contribution in [0.1, 0.15) is 300 Å². The van der Waals surface area contributed by atoms with Gasteiger partial charge < -0.3 is 67.8 Å². The molecule has 778 valence electrons. The molecule has 14 heteroatoms. The number of aliphatic hydroxyl groups excluding tert-OH is 4. The lowest BCUT2D eigenvalue weighted by molar-refractivity contribution is 0.0992. The molecule has 4 fully saturated rings. The SMILES string of the molecule is CC.CC.CC.CC.CC.CC.CC.CC.CC.CC.CC.CCCC(O)COc1ccc(Cc2ccc(CCC3CO3)cc2)cc1.CCCC(O)COc1ccc(Cc2ccc(CCC3CO3)cc2)cc1.CCCC(O)COc1ccc(Cc2ccc(OCC3CO3)cc2)cc1.CCCC(O)COc1ccc(Cc2ccc(OCC3CO3)cc2)cc1.c1ccc(-c2ccccc2)cc1.c1ccccc1. The largest absolute Gasteiger partial charge is 0.491 e. The first-order chi connectivity index (χ1) is 68.9. The van der Waals surface area contributed by atoms with Crippen LogP contribution >= 0.6 is 0 Å². The second kappa shape index (κ2) is 91.4. The number of benzene rings is 11. The van der Waals surface area contributed by atoms with Gasteiger partial charge >= 0.3 is 0 Å². The molecule has 0 radical (unpaired) electrons. The first-order valence-electron chi connectivity index (χ1n) is 53.6. The highest BCUT2D eigenvalue weighted by Gasteiger charge is 2.25. The summed E-state index contributed by atoms with van der Waals surface area (Å²) in [5.41, 5.74) is 15.4. The summed E-state index contributed by atoms with van der Waals surface area (Å²) in [6.45, 7) is 58.4. The highest BCUT2D eigenvalue weighted by molar-refractivity contribution is 5.62. The molecule has 4 aliphatic heterocycles. The van der Waals surface area contributed by atoms with Gasteiger partial charge in [0.1, 0.15) is 86.3 Å². The summed E-state index contributed by atoms with van der Waals surface area (Å²) in [6.07, 6.45) is 15.0. The summed E-state index contributed by atoms with van der Waals surface area (Å²) in [6, 6.07) is 99.4. The van der Waals surface area contributed by atoms with Crippen molar-refractivity contribution in [1.29, 1.82) is 0 Å². The standard InChI is InChI=1S/2C22H28O3.2C21H26O4.C12H10.C6H6.11C2H6/c2*1-2-3-20(23)15-24-21-11-9-19(10-12-21)14-18-6-4-17(5-7-18)8-13-22-16-25-22;2*1-2-3-18(22)13-23-19-8-4-16(5-9-19)12-17-6-10-20(11-7-17)24-14-21-15-25-21;1-3-7-11(8-4-1)12-9-5-2-6-10-12;1-2-4-6-5-3-1;11*1-2/h2*4-7,9-12,20,22-23H,2-3,8,13-16H2,1H3;2*4-11,18,21-22H,2-3,12-15H2,1H3;1-10H;1-6H;11*1-2H3. The van der Waals surface area contributed by atoms with Gasteiger partial charge in [-0.1, -0.05) is 424 Å². The number of hydrogen-bond acceptors (Lipinski definition) is 14. The Morgan fingerprint density at radius 3 is 0.543 bits per heavy atom. The van der Waals surface area contributed by atoms with Crippen molar-refractivity contribution in [3.63, 3.8) is 0 Å². The fourth-order valence-electron chi connectivity index (χ4n) is 12.7. The Labute approximate surface area is 852 Å². The fraction of sp³-hybridized carbons (Fsp3) is 0.476. The molecule has 0 saturated carbocycles. The predicted octanol–water partition coefficient (Wildman–Crippen LogP) is 31.8. The van der Waals surface area contributed by atoms with Crippen LogP contribution in [0.2, 0.25) is 0 Å². The molecule has 0 aromatic heterocycles. The van der Waals surface area contributed by atoms with Crippen molar-refractivity contribution in [2.45, 2.75) is 332 Å². The molecular formula is C126H190O14.